The predicted octanol–water partition coefficient (Wildman–Crippen LogP) is 3.43. The Kier molecular flexibility index (Phi) is 4.83. The zero-order chi connectivity index (χ0) is 16.1. The number of aryl methyl sites for hydroxylation is 1. The van der Waals surface area contributed by atoms with Gasteiger partial charge >= 0.3 is 0 Å². The first-order chi connectivity index (χ1) is 11.2. The van der Waals surface area contributed by atoms with Crippen molar-refractivity contribution in [2.75, 3.05) is 0 Å². The Labute approximate surface area is 137 Å². The highest BCUT2D eigenvalue weighted by atomic mass is 15.3. The summed E-state index contributed by atoms with van der Waals surface area (Å²) in [5.41, 5.74) is 5.28. The highest BCUT2D eigenvalue weighted by Crippen LogP contribution is 2.17. The van der Waals surface area contributed by atoms with Gasteiger partial charge in [0.2, 0.25) is 0 Å². The number of hydrogen-bond donors (Lipinski definition) is 1. The van der Waals surface area contributed by atoms with Crippen molar-refractivity contribution < 1.29 is 0 Å². The fraction of sp³-hybridized carbons (Fsp3) is 0.263. The van der Waals surface area contributed by atoms with E-state index in [1.165, 1.54) is 22.3 Å². The largest absolute Gasteiger partial charge is 0.304 e. The quantitative estimate of drug-likeness (QED) is 0.759. The average molecular weight is 306 g/mol. The molecule has 3 rings (SSSR count). The first-order valence-corrected chi connectivity index (χ1v) is 7.90. The van der Waals surface area contributed by atoms with Gasteiger partial charge in [0.1, 0.15) is 12.7 Å². The van der Waals surface area contributed by atoms with E-state index in [0.29, 0.717) is 0 Å². The molecule has 0 bridgehead atoms. The van der Waals surface area contributed by atoms with E-state index in [2.05, 4.69) is 71.7 Å². The number of hydrogen-bond acceptors (Lipinski definition) is 3. The SMILES string of the molecule is Cc1cccc(CN[C@@H](Cn2cncn2)c2ccccc2)c1C. The first kappa shape index (κ1) is 15.4. The van der Waals surface area contributed by atoms with Gasteiger partial charge in [-0.25, -0.2) is 4.98 Å². The van der Waals surface area contributed by atoms with E-state index in [9.17, 15) is 0 Å². The van der Waals surface area contributed by atoms with Gasteiger partial charge in [-0.15, -0.1) is 0 Å². The summed E-state index contributed by atoms with van der Waals surface area (Å²) in [5, 5.41) is 7.90. The maximum absolute atomic E-state index is 4.23. The van der Waals surface area contributed by atoms with Crippen LogP contribution in [0.2, 0.25) is 0 Å². The van der Waals surface area contributed by atoms with E-state index in [1.807, 2.05) is 10.7 Å². The van der Waals surface area contributed by atoms with Gasteiger partial charge in [-0.2, -0.15) is 5.10 Å². The van der Waals surface area contributed by atoms with Gasteiger partial charge in [0.15, 0.2) is 0 Å². The molecule has 1 N–H and O–H groups in total. The highest BCUT2D eigenvalue weighted by Gasteiger charge is 2.13. The molecular formula is C19H22N4. The van der Waals surface area contributed by atoms with Gasteiger partial charge in [0, 0.05) is 6.54 Å². The number of rotatable bonds is 6. The molecule has 0 fully saturated rings. The van der Waals surface area contributed by atoms with Gasteiger partial charge in [-0.3, -0.25) is 4.68 Å². The molecule has 0 saturated heterocycles. The summed E-state index contributed by atoms with van der Waals surface area (Å²) < 4.78 is 1.87. The van der Waals surface area contributed by atoms with Crippen LogP contribution < -0.4 is 5.32 Å². The van der Waals surface area contributed by atoms with Crippen LogP contribution in [0.5, 0.6) is 0 Å². The lowest BCUT2D eigenvalue weighted by atomic mass is 10.0. The normalized spacial score (nSPS) is 12.3. The summed E-state index contributed by atoms with van der Waals surface area (Å²) >= 11 is 0. The fourth-order valence-electron chi connectivity index (χ4n) is 2.72. The third-order valence-electron chi connectivity index (χ3n) is 4.29. The molecular weight excluding hydrogens is 284 g/mol. The Balaban J connectivity index is 1.77. The van der Waals surface area contributed by atoms with Crippen LogP contribution in [-0.2, 0) is 13.1 Å². The van der Waals surface area contributed by atoms with Crippen molar-refractivity contribution in [3.8, 4) is 0 Å². The Morgan fingerprint density at radius 3 is 2.61 bits per heavy atom. The molecule has 0 aliphatic heterocycles. The molecule has 0 saturated carbocycles. The van der Waals surface area contributed by atoms with Gasteiger partial charge in [0.25, 0.3) is 0 Å². The van der Waals surface area contributed by atoms with Gasteiger partial charge in [-0.1, -0.05) is 48.5 Å². The second-order valence-electron chi connectivity index (χ2n) is 5.82. The van der Waals surface area contributed by atoms with Gasteiger partial charge in [-0.05, 0) is 36.1 Å². The minimum atomic E-state index is 0.192. The van der Waals surface area contributed by atoms with Gasteiger partial charge in [0.05, 0.1) is 12.6 Å². The molecule has 0 aliphatic carbocycles. The van der Waals surface area contributed by atoms with Crippen molar-refractivity contribution in [3.63, 3.8) is 0 Å². The molecule has 0 radical (unpaired) electrons. The molecule has 4 nitrogen and oxygen atoms in total. The summed E-state index contributed by atoms with van der Waals surface area (Å²) in [5.74, 6) is 0. The van der Waals surface area contributed by atoms with E-state index in [1.54, 1.807) is 12.7 Å². The summed E-state index contributed by atoms with van der Waals surface area (Å²) in [6.45, 7) is 5.93. The van der Waals surface area contributed by atoms with Gasteiger partial charge < -0.3 is 5.32 Å². The maximum Gasteiger partial charge on any atom is 0.137 e. The molecule has 118 valence electrons. The molecule has 0 spiro atoms. The topological polar surface area (TPSA) is 42.7 Å². The molecule has 2 aromatic carbocycles. The minimum absolute atomic E-state index is 0.192. The highest BCUT2D eigenvalue weighted by molar-refractivity contribution is 5.33. The molecule has 3 aromatic rings. The molecule has 1 atom stereocenters. The minimum Gasteiger partial charge on any atom is -0.304 e. The summed E-state index contributed by atoms with van der Waals surface area (Å²) in [6.07, 6.45) is 3.34. The van der Waals surface area contributed by atoms with Crippen LogP contribution >= 0.6 is 0 Å². The standard InChI is InChI=1S/C19H22N4/c1-15-7-6-10-18(16(15)2)11-21-19(12-23-14-20-13-22-23)17-8-4-3-5-9-17/h3-10,13-14,19,21H,11-12H2,1-2H3/t19-/m0/s1. The maximum atomic E-state index is 4.23. The predicted molar refractivity (Wildman–Crippen MR) is 92.0 cm³/mol. The molecule has 0 aliphatic rings. The van der Waals surface area contributed by atoms with Crippen LogP contribution in [0.4, 0.5) is 0 Å². The molecule has 1 aromatic heterocycles. The smallest absolute Gasteiger partial charge is 0.137 e. The lowest BCUT2D eigenvalue weighted by Gasteiger charge is -2.20. The van der Waals surface area contributed by atoms with Crippen molar-refractivity contribution in [2.45, 2.75) is 33.0 Å². The zero-order valence-corrected chi connectivity index (χ0v) is 13.6. The second kappa shape index (κ2) is 7.20. The van der Waals surface area contributed by atoms with E-state index in [-0.39, 0.29) is 6.04 Å². The average Bonchev–Trinajstić information content (AvgIpc) is 3.09. The summed E-state index contributed by atoms with van der Waals surface area (Å²) in [6, 6.07) is 17.1. The van der Waals surface area contributed by atoms with E-state index >= 15 is 0 Å². The van der Waals surface area contributed by atoms with Crippen LogP contribution in [0.25, 0.3) is 0 Å². The monoisotopic (exact) mass is 306 g/mol. The Morgan fingerprint density at radius 2 is 1.87 bits per heavy atom. The number of nitrogens with one attached hydrogen (secondary N) is 1. The molecule has 0 amide bonds. The first-order valence-electron chi connectivity index (χ1n) is 7.90. The zero-order valence-electron chi connectivity index (χ0n) is 13.6. The number of aromatic nitrogens is 3. The summed E-state index contributed by atoms with van der Waals surface area (Å²) in [4.78, 5) is 4.04. The van der Waals surface area contributed by atoms with E-state index in [0.717, 1.165) is 13.1 Å². The number of benzene rings is 2. The molecule has 23 heavy (non-hydrogen) atoms. The molecule has 1 heterocycles. The van der Waals surface area contributed by atoms with E-state index in [4.69, 9.17) is 0 Å². The third kappa shape index (κ3) is 3.85. The second-order valence-corrected chi connectivity index (χ2v) is 5.82. The Bertz CT molecular complexity index is 735. The van der Waals surface area contributed by atoms with Crippen molar-refractivity contribution in [2.24, 2.45) is 0 Å². The fourth-order valence-corrected chi connectivity index (χ4v) is 2.72. The van der Waals surface area contributed by atoms with Crippen molar-refractivity contribution in [1.29, 1.82) is 0 Å². The third-order valence-corrected chi connectivity index (χ3v) is 4.29. The lowest BCUT2D eigenvalue weighted by Crippen LogP contribution is -2.26. The van der Waals surface area contributed by atoms with Crippen LogP contribution in [-0.4, -0.2) is 14.8 Å². The van der Waals surface area contributed by atoms with Crippen molar-refractivity contribution in [3.05, 3.63) is 83.4 Å². The van der Waals surface area contributed by atoms with E-state index < -0.39 is 0 Å². The number of nitrogens with zero attached hydrogens (tertiary/aromatic N) is 3. The van der Waals surface area contributed by atoms with Crippen LogP contribution in [0.3, 0.4) is 0 Å². The Morgan fingerprint density at radius 1 is 1.04 bits per heavy atom. The molecule has 4 heteroatoms. The van der Waals surface area contributed by atoms with Crippen molar-refractivity contribution in [1.82, 2.24) is 20.1 Å². The Hall–Kier alpha value is -2.46. The molecule has 0 unspecified atom stereocenters. The lowest BCUT2D eigenvalue weighted by molar-refractivity contribution is 0.436. The van der Waals surface area contributed by atoms with Crippen molar-refractivity contribution >= 4 is 0 Å². The van der Waals surface area contributed by atoms with Crippen LogP contribution in [0.1, 0.15) is 28.3 Å². The van der Waals surface area contributed by atoms with Crippen LogP contribution in [0.15, 0.2) is 61.2 Å². The van der Waals surface area contributed by atoms with Crippen LogP contribution in [0, 0.1) is 13.8 Å². The summed E-state index contributed by atoms with van der Waals surface area (Å²) in [7, 11) is 0.